The molecule has 3 rings (SSSR count). The first-order valence-electron chi connectivity index (χ1n) is 8.57. The lowest BCUT2D eigenvalue weighted by Crippen LogP contribution is -2.21. The second-order valence-electron chi connectivity index (χ2n) is 5.74. The summed E-state index contributed by atoms with van der Waals surface area (Å²) in [6, 6.07) is 16.2. The van der Waals surface area contributed by atoms with Crippen molar-refractivity contribution in [1.82, 2.24) is 4.98 Å². The van der Waals surface area contributed by atoms with Crippen LogP contribution in [-0.2, 0) is 0 Å². The topological polar surface area (TPSA) is 37.7 Å². The number of methoxy groups -OCH3 is 1. The van der Waals surface area contributed by atoms with Crippen LogP contribution in [0.1, 0.15) is 19.4 Å². The first-order chi connectivity index (χ1) is 12.2. The molecule has 0 aliphatic heterocycles. The highest BCUT2D eigenvalue weighted by Crippen LogP contribution is 2.28. The molecule has 25 heavy (non-hydrogen) atoms. The summed E-state index contributed by atoms with van der Waals surface area (Å²) in [5.74, 6) is 0.806. The average molecular weight is 333 g/mol. The van der Waals surface area contributed by atoms with Gasteiger partial charge >= 0.3 is 0 Å². The minimum absolute atomic E-state index is 0.806. The van der Waals surface area contributed by atoms with Crippen molar-refractivity contribution in [3.05, 3.63) is 60.3 Å². The zero-order valence-electron chi connectivity index (χ0n) is 14.9. The molecule has 4 nitrogen and oxygen atoms in total. The van der Waals surface area contributed by atoms with Crippen molar-refractivity contribution in [3.8, 4) is 5.75 Å². The van der Waals surface area contributed by atoms with E-state index in [0.29, 0.717) is 0 Å². The zero-order chi connectivity index (χ0) is 17.6. The van der Waals surface area contributed by atoms with Gasteiger partial charge < -0.3 is 9.64 Å². The molecule has 0 spiro atoms. The third kappa shape index (κ3) is 3.79. The third-order valence-corrected chi connectivity index (χ3v) is 4.30. The summed E-state index contributed by atoms with van der Waals surface area (Å²) in [5.41, 5.74) is 4.11. The van der Waals surface area contributed by atoms with Crippen molar-refractivity contribution in [2.24, 2.45) is 4.99 Å². The molecule has 0 N–H and O–H groups in total. The van der Waals surface area contributed by atoms with E-state index in [2.05, 4.69) is 53.0 Å². The fourth-order valence-corrected chi connectivity index (χ4v) is 2.85. The lowest BCUT2D eigenvalue weighted by atomic mass is 10.1. The molecule has 0 fully saturated rings. The predicted molar refractivity (Wildman–Crippen MR) is 106 cm³/mol. The molecule has 0 saturated heterocycles. The minimum atomic E-state index is 0.806. The van der Waals surface area contributed by atoms with E-state index in [1.807, 2.05) is 30.5 Å². The van der Waals surface area contributed by atoms with Gasteiger partial charge in [0.05, 0.1) is 18.3 Å². The van der Waals surface area contributed by atoms with Crippen LogP contribution in [0.25, 0.3) is 10.9 Å². The maximum Gasteiger partial charge on any atom is 0.119 e. The van der Waals surface area contributed by atoms with E-state index in [-0.39, 0.29) is 0 Å². The lowest BCUT2D eigenvalue weighted by molar-refractivity contribution is 0.415. The highest BCUT2D eigenvalue weighted by molar-refractivity contribution is 5.93. The molecule has 4 heteroatoms. The number of nitrogens with zero attached hydrogens (tertiary/aromatic N) is 3. The Morgan fingerprint density at radius 3 is 2.48 bits per heavy atom. The van der Waals surface area contributed by atoms with Gasteiger partial charge in [-0.2, -0.15) is 0 Å². The Morgan fingerprint density at radius 1 is 1.04 bits per heavy atom. The predicted octanol–water partition coefficient (Wildman–Crippen LogP) is 4.84. The molecule has 1 heterocycles. The summed E-state index contributed by atoms with van der Waals surface area (Å²) in [7, 11) is 1.66. The van der Waals surface area contributed by atoms with Gasteiger partial charge in [-0.3, -0.25) is 9.98 Å². The van der Waals surface area contributed by atoms with E-state index in [1.165, 1.54) is 5.69 Å². The molecule has 0 aliphatic rings. The second kappa shape index (κ2) is 7.79. The maximum absolute atomic E-state index is 5.31. The average Bonchev–Trinajstić information content (AvgIpc) is 2.67. The third-order valence-electron chi connectivity index (χ3n) is 4.30. The molecule has 0 unspecified atom stereocenters. The molecule has 3 aromatic rings. The molecule has 0 radical (unpaired) electrons. The summed E-state index contributed by atoms with van der Waals surface area (Å²) in [6.45, 7) is 6.35. The molecule has 1 aromatic heterocycles. The smallest absolute Gasteiger partial charge is 0.119 e. The van der Waals surface area contributed by atoms with Gasteiger partial charge in [0.15, 0.2) is 0 Å². The van der Waals surface area contributed by atoms with Gasteiger partial charge in [-0.25, -0.2) is 0 Å². The number of ether oxygens (including phenoxy) is 1. The van der Waals surface area contributed by atoms with Crippen LogP contribution in [0.3, 0.4) is 0 Å². The molecule has 0 saturated carbocycles. The van der Waals surface area contributed by atoms with E-state index in [9.17, 15) is 0 Å². The molecule has 2 aromatic carbocycles. The normalized spacial score (nSPS) is 11.2. The largest absolute Gasteiger partial charge is 0.497 e. The van der Waals surface area contributed by atoms with Crippen molar-refractivity contribution < 1.29 is 4.74 Å². The molecular weight excluding hydrogens is 310 g/mol. The van der Waals surface area contributed by atoms with Crippen molar-refractivity contribution in [3.63, 3.8) is 0 Å². The number of pyridine rings is 1. The zero-order valence-corrected chi connectivity index (χ0v) is 14.9. The maximum atomic E-state index is 5.31. The first kappa shape index (κ1) is 17.0. The van der Waals surface area contributed by atoms with Crippen LogP contribution in [0.4, 0.5) is 11.4 Å². The quantitative estimate of drug-likeness (QED) is 0.606. The summed E-state index contributed by atoms with van der Waals surface area (Å²) < 4.78 is 5.31. The van der Waals surface area contributed by atoms with Gasteiger partial charge in [-0.05, 0) is 55.8 Å². The summed E-state index contributed by atoms with van der Waals surface area (Å²) in [4.78, 5) is 11.4. The Bertz CT molecular complexity index is 868. The van der Waals surface area contributed by atoms with E-state index < -0.39 is 0 Å². The highest BCUT2D eigenvalue weighted by Gasteiger charge is 2.03. The molecule has 0 bridgehead atoms. The Balaban J connectivity index is 1.88. The van der Waals surface area contributed by atoms with Gasteiger partial charge in [0.1, 0.15) is 5.75 Å². The standard InChI is InChI=1S/C21H23N3O/c1-4-24(5-2)17-8-6-16(7-9-17)15-23-21-12-13-22-20-11-10-18(25-3)14-19(20)21/h6-15H,4-5H2,1-3H3. The Kier molecular flexibility index (Phi) is 5.29. The van der Waals surface area contributed by atoms with E-state index in [0.717, 1.165) is 41.0 Å². The van der Waals surface area contributed by atoms with Gasteiger partial charge in [0.25, 0.3) is 0 Å². The van der Waals surface area contributed by atoms with Gasteiger partial charge in [0.2, 0.25) is 0 Å². The van der Waals surface area contributed by atoms with Crippen LogP contribution in [-0.4, -0.2) is 31.4 Å². The van der Waals surface area contributed by atoms with Crippen molar-refractivity contribution >= 4 is 28.5 Å². The van der Waals surface area contributed by atoms with Crippen LogP contribution in [0, 0.1) is 0 Å². The van der Waals surface area contributed by atoms with Crippen molar-refractivity contribution in [2.45, 2.75) is 13.8 Å². The Hall–Kier alpha value is -2.88. The minimum Gasteiger partial charge on any atom is -0.497 e. The van der Waals surface area contributed by atoms with Crippen LogP contribution in [0.2, 0.25) is 0 Å². The summed E-state index contributed by atoms with van der Waals surface area (Å²) in [6.07, 6.45) is 3.67. The second-order valence-corrected chi connectivity index (χ2v) is 5.74. The number of hydrogen-bond acceptors (Lipinski definition) is 4. The molecule has 0 atom stereocenters. The van der Waals surface area contributed by atoms with Gasteiger partial charge in [-0.1, -0.05) is 12.1 Å². The van der Waals surface area contributed by atoms with Gasteiger partial charge in [0, 0.05) is 36.6 Å². The first-order valence-corrected chi connectivity index (χ1v) is 8.57. The summed E-state index contributed by atoms with van der Waals surface area (Å²) in [5, 5.41) is 0.984. The molecular formula is C21H23N3O. The molecule has 128 valence electrons. The van der Waals surface area contributed by atoms with E-state index >= 15 is 0 Å². The fraction of sp³-hybridized carbons (Fsp3) is 0.238. The van der Waals surface area contributed by atoms with Crippen LogP contribution in [0.15, 0.2) is 59.7 Å². The van der Waals surface area contributed by atoms with Crippen LogP contribution in [0.5, 0.6) is 5.75 Å². The number of benzene rings is 2. The number of anilines is 1. The number of hydrogen-bond donors (Lipinski definition) is 0. The van der Waals surface area contributed by atoms with Gasteiger partial charge in [-0.15, -0.1) is 0 Å². The molecule has 0 aliphatic carbocycles. The van der Waals surface area contributed by atoms with Crippen LogP contribution >= 0.6 is 0 Å². The molecule has 0 amide bonds. The van der Waals surface area contributed by atoms with Crippen molar-refractivity contribution in [2.75, 3.05) is 25.1 Å². The summed E-state index contributed by atoms with van der Waals surface area (Å²) >= 11 is 0. The number of fused-ring (bicyclic) bond motifs is 1. The van der Waals surface area contributed by atoms with Crippen LogP contribution < -0.4 is 9.64 Å². The lowest BCUT2D eigenvalue weighted by Gasteiger charge is -2.20. The monoisotopic (exact) mass is 333 g/mol. The number of aromatic nitrogens is 1. The SMILES string of the molecule is CCN(CC)c1ccc(C=Nc2ccnc3ccc(OC)cc23)cc1. The van der Waals surface area contributed by atoms with E-state index in [1.54, 1.807) is 13.3 Å². The van der Waals surface area contributed by atoms with Crippen molar-refractivity contribution in [1.29, 1.82) is 0 Å². The number of aliphatic imine (C=N–C) groups is 1. The fourth-order valence-electron chi connectivity index (χ4n) is 2.85. The highest BCUT2D eigenvalue weighted by atomic mass is 16.5. The Labute approximate surface area is 148 Å². The Morgan fingerprint density at radius 2 is 1.80 bits per heavy atom. The number of rotatable bonds is 6. The van der Waals surface area contributed by atoms with E-state index in [4.69, 9.17) is 4.74 Å².